The molecular weight excluding hydrogens is 218 g/mol. The van der Waals surface area contributed by atoms with Crippen LogP contribution in [-0.4, -0.2) is 17.1 Å². The van der Waals surface area contributed by atoms with Crippen LogP contribution in [0.25, 0.3) is 0 Å². The molecule has 0 bridgehead atoms. The maximum absolute atomic E-state index is 11.8. The fourth-order valence-corrected chi connectivity index (χ4v) is 1.76. The van der Waals surface area contributed by atoms with Gasteiger partial charge in [0, 0.05) is 6.20 Å². The summed E-state index contributed by atoms with van der Waals surface area (Å²) in [5, 5.41) is 0. The minimum Gasteiger partial charge on any atom is -0.467 e. The zero-order valence-electron chi connectivity index (χ0n) is 9.97. The molecule has 4 nitrogen and oxygen atoms in total. The molecule has 2 heterocycles. The van der Waals surface area contributed by atoms with Gasteiger partial charge < -0.3 is 13.7 Å². The summed E-state index contributed by atoms with van der Waals surface area (Å²) in [6.07, 6.45) is 3.49. The largest absolute Gasteiger partial charge is 0.467 e. The van der Waals surface area contributed by atoms with Crippen LogP contribution in [0.2, 0.25) is 0 Å². The quantitative estimate of drug-likeness (QED) is 0.762. The van der Waals surface area contributed by atoms with E-state index < -0.39 is 0 Å². The zero-order valence-corrected chi connectivity index (χ0v) is 9.97. The Bertz CT molecular complexity index is 497. The fourth-order valence-electron chi connectivity index (χ4n) is 1.76. The number of aromatic nitrogens is 1. The zero-order chi connectivity index (χ0) is 12.3. The highest BCUT2D eigenvalue weighted by molar-refractivity contribution is 5.89. The second kappa shape index (κ2) is 4.91. The Labute approximate surface area is 99.8 Å². The number of rotatable bonds is 4. The van der Waals surface area contributed by atoms with Crippen LogP contribution < -0.4 is 0 Å². The average Bonchev–Trinajstić information content (AvgIpc) is 2.90. The predicted octanol–water partition coefficient (Wildman–Crippen LogP) is 2.61. The molecule has 0 fully saturated rings. The second-order valence-electron chi connectivity index (χ2n) is 3.78. The number of nitrogens with zero attached hydrogens (tertiary/aromatic N) is 1. The van der Waals surface area contributed by atoms with Crippen molar-refractivity contribution in [2.75, 3.05) is 6.61 Å². The van der Waals surface area contributed by atoms with Crippen LogP contribution in [0, 0.1) is 6.92 Å². The van der Waals surface area contributed by atoms with Crippen molar-refractivity contribution in [2.24, 2.45) is 0 Å². The molecule has 2 aromatic rings. The molecule has 0 aromatic carbocycles. The van der Waals surface area contributed by atoms with Gasteiger partial charge in [0.15, 0.2) is 0 Å². The molecule has 0 saturated heterocycles. The molecule has 90 valence electrons. The van der Waals surface area contributed by atoms with Gasteiger partial charge in [-0.1, -0.05) is 0 Å². The summed E-state index contributed by atoms with van der Waals surface area (Å²) >= 11 is 0. The minimum atomic E-state index is -0.290. The van der Waals surface area contributed by atoms with E-state index in [9.17, 15) is 4.79 Å². The number of esters is 1. The highest BCUT2D eigenvalue weighted by atomic mass is 16.5. The summed E-state index contributed by atoms with van der Waals surface area (Å²) in [5.74, 6) is 0.521. The number of carbonyl (C=O) groups excluding carboxylic acids is 1. The van der Waals surface area contributed by atoms with Gasteiger partial charge in [-0.05, 0) is 37.6 Å². The number of ether oxygens (including phenoxy) is 1. The molecule has 0 N–H and O–H groups in total. The van der Waals surface area contributed by atoms with Crippen LogP contribution in [-0.2, 0) is 11.3 Å². The normalized spacial score (nSPS) is 10.5. The van der Waals surface area contributed by atoms with Gasteiger partial charge in [0.05, 0.1) is 19.4 Å². The van der Waals surface area contributed by atoms with Gasteiger partial charge >= 0.3 is 5.97 Å². The van der Waals surface area contributed by atoms with Crippen molar-refractivity contribution >= 4 is 5.97 Å². The van der Waals surface area contributed by atoms with Crippen molar-refractivity contribution in [3.8, 4) is 0 Å². The molecule has 0 unspecified atom stereocenters. The molecule has 0 aliphatic carbocycles. The second-order valence-corrected chi connectivity index (χ2v) is 3.78. The summed E-state index contributed by atoms with van der Waals surface area (Å²) in [6, 6.07) is 5.61. The van der Waals surface area contributed by atoms with Crippen molar-refractivity contribution < 1.29 is 13.9 Å². The third kappa shape index (κ3) is 2.41. The van der Waals surface area contributed by atoms with Crippen molar-refractivity contribution in [3.63, 3.8) is 0 Å². The maximum atomic E-state index is 11.8. The SMILES string of the molecule is CCOC(=O)c1c(C)ccn1Cc1ccco1. The molecule has 0 aliphatic rings. The molecular formula is C13H15NO3. The average molecular weight is 233 g/mol. The Morgan fingerprint density at radius 3 is 2.94 bits per heavy atom. The lowest BCUT2D eigenvalue weighted by molar-refractivity contribution is 0.0513. The van der Waals surface area contributed by atoms with Gasteiger partial charge in [-0.25, -0.2) is 4.79 Å². The summed E-state index contributed by atoms with van der Waals surface area (Å²) in [5.41, 5.74) is 1.50. The lowest BCUT2D eigenvalue weighted by Crippen LogP contribution is -2.13. The van der Waals surface area contributed by atoms with Crippen LogP contribution in [0.15, 0.2) is 35.1 Å². The Morgan fingerprint density at radius 1 is 1.47 bits per heavy atom. The maximum Gasteiger partial charge on any atom is 0.355 e. The molecule has 0 aliphatic heterocycles. The number of aryl methyl sites for hydroxylation is 1. The lowest BCUT2D eigenvalue weighted by Gasteiger charge is -2.08. The van der Waals surface area contributed by atoms with E-state index in [1.54, 1.807) is 13.2 Å². The predicted molar refractivity (Wildman–Crippen MR) is 62.9 cm³/mol. The summed E-state index contributed by atoms with van der Waals surface area (Å²) in [6.45, 7) is 4.61. The van der Waals surface area contributed by atoms with E-state index >= 15 is 0 Å². The smallest absolute Gasteiger partial charge is 0.355 e. The molecule has 17 heavy (non-hydrogen) atoms. The topological polar surface area (TPSA) is 44.4 Å². The number of carbonyl (C=O) groups is 1. The van der Waals surface area contributed by atoms with Crippen LogP contribution in [0.1, 0.15) is 28.7 Å². The Hall–Kier alpha value is -1.97. The van der Waals surface area contributed by atoms with Crippen molar-refractivity contribution in [1.82, 2.24) is 4.57 Å². The van der Waals surface area contributed by atoms with Gasteiger partial charge in [0.1, 0.15) is 11.5 Å². The van der Waals surface area contributed by atoms with Gasteiger partial charge in [-0.15, -0.1) is 0 Å². The monoisotopic (exact) mass is 233 g/mol. The lowest BCUT2D eigenvalue weighted by atomic mass is 10.2. The molecule has 0 spiro atoms. The number of hydrogen-bond acceptors (Lipinski definition) is 3. The molecule has 2 aromatic heterocycles. The molecule has 0 radical (unpaired) electrons. The Kier molecular flexibility index (Phi) is 3.32. The first-order chi connectivity index (χ1) is 8.22. The van der Waals surface area contributed by atoms with E-state index in [1.807, 2.05) is 35.9 Å². The molecule has 2 rings (SSSR count). The third-order valence-electron chi connectivity index (χ3n) is 2.54. The highest BCUT2D eigenvalue weighted by Crippen LogP contribution is 2.14. The van der Waals surface area contributed by atoms with Crippen LogP contribution in [0.3, 0.4) is 0 Å². The van der Waals surface area contributed by atoms with Crippen molar-refractivity contribution in [1.29, 1.82) is 0 Å². The van der Waals surface area contributed by atoms with Gasteiger partial charge in [-0.2, -0.15) is 0 Å². The van der Waals surface area contributed by atoms with Gasteiger partial charge in [0.2, 0.25) is 0 Å². The van der Waals surface area contributed by atoms with E-state index in [4.69, 9.17) is 9.15 Å². The molecule has 0 atom stereocenters. The van der Waals surface area contributed by atoms with Crippen molar-refractivity contribution in [3.05, 3.63) is 47.7 Å². The van der Waals surface area contributed by atoms with E-state index in [0.29, 0.717) is 18.8 Å². The number of hydrogen-bond donors (Lipinski definition) is 0. The standard InChI is InChI=1S/C13H15NO3/c1-3-16-13(15)12-10(2)6-7-14(12)9-11-5-4-8-17-11/h4-8H,3,9H2,1-2H3. The first kappa shape index (κ1) is 11.5. The van der Waals surface area contributed by atoms with E-state index in [-0.39, 0.29) is 5.97 Å². The van der Waals surface area contributed by atoms with Crippen LogP contribution >= 0.6 is 0 Å². The summed E-state index contributed by atoms with van der Waals surface area (Å²) in [4.78, 5) is 11.8. The van der Waals surface area contributed by atoms with Crippen LogP contribution in [0.5, 0.6) is 0 Å². The van der Waals surface area contributed by atoms with E-state index in [0.717, 1.165) is 11.3 Å². The van der Waals surface area contributed by atoms with E-state index in [1.165, 1.54) is 0 Å². The van der Waals surface area contributed by atoms with E-state index in [2.05, 4.69) is 0 Å². The Morgan fingerprint density at radius 2 is 2.29 bits per heavy atom. The molecule has 0 saturated carbocycles. The van der Waals surface area contributed by atoms with Crippen LogP contribution in [0.4, 0.5) is 0 Å². The summed E-state index contributed by atoms with van der Waals surface area (Å²) < 4.78 is 12.1. The molecule has 4 heteroatoms. The fraction of sp³-hybridized carbons (Fsp3) is 0.308. The first-order valence-electron chi connectivity index (χ1n) is 5.57. The number of furan rings is 1. The van der Waals surface area contributed by atoms with Gasteiger partial charge in [-0.3, -0.25) is 0 Å². The molecule has 0 amide bonds. The van der Waals surface area contributed by atoms with Gasteiger partial charge in [0.25, 0.3) is 0 Å². The minimum absolute atomic E-state index is 0.290. The first-order valence-corrected chi connectivity index (χ1v) is 5.57. The highest BCUT2D eigenvalue weighted by Gasteiger charge is 2.16. The Balaban J connectivity index is 2.26. The summed E-state index contributed by atoms with van der Waals surface area (Å²) in [7, 11) is 0. The van der Waals surface area contributed by atoms with Crippen molar-refractivity contribution in [2.45, 2.75) is 20.4 Å². The third-order valence-corrected chi connectivity index (χ3v) is 2.54.